The first kappa shape index (κ1) is 13.7. The molecule has 2 N–H and O–H groups in total. The van der Waals surface area contributed by atoms with Crippen molar-refractivity contribution in [3.05, 3.63) is 29.3 Å². The molecule has 0 aliphatic heterocycles. The van der Waals surface area contributed by atoms with Crippen LogP contribution in [0, 0.1) is 0 Å². The summed E-state index contributed by atoms with van der Waals surface area (Å²) >= 11 is 8.08. The van der Waals surface area contributed by atoms with E-state index < -0.39 is 0 Å². The van der Waals surface area contributed by atoms with Crippen molar-refractivity contribution in [1.29, 1.82) is 0 Å². The number of thioether (sulfide) groups is 1. The van der Waals surface area contributed by atoms with Crippen LogP contribution < -0.4 is 5.32 Å². The summed E-state index contributed by atoms with van der Waals surface area (Å²) in [6, 6.07) is 8.68. The lowest BCUT2D eigenvalue weighted by Gasteiger charge is -2.28. The number of benzene rings is 1. The lowest BCUT2D eigenvalue weighted by atomic mass is 9.99. The monoisotopic (exact) mass is 297 g/mol. The van der Waals surface area contributed by atoms with Gasteiger partial charge in [0.1, 0.15) is 0 Å². The highest BCUT2D eigenvalue weighted by Gasteiger charge is 2.42. The summed E-state index contributed by atoms with van der Waals surface area (Å²) in [7, 11) is 0. The molecule has 19 heavy (non-hydrogen) atoms. The first-order chi connectivity index (χ1) is 9.21. The highest BCUT2D eigenvalue weighted by atomic mass is 35.5. The van der Waals surface area contributed by atoms with E-state index in [2.05, 4.69) is 11.4 Å². The molecule has 2 nitrogen and oxygen atoms in total. The lowest BCUT2D eigenvalue weighted by Crippen LogP contribution is -2.47. The van der Waals surface area contributed by atoms with Crippen LogP contribution in [0.4, 0.5) is 0 Å². The predicted octanol–water partition coefficient (Wildman–Crippen LogP) is 3.47. The maximum absolute atomic E-state index is 9.73. The van der Waals surface area contributed by atoms with E-state index in [1.807, 2.05) is 30.0 Å². The Morgan fingerprint density at radius 3 is 2.79 bits per heavy atom. The van der Waals surface area contributed by atoms with Crippen molar-refractivity contribution in [2.45, 2.75) is 53.8 Å². The molecule has 2 aliphatic carbocycles. The molecule has 1 aromatic rings. The van der Waals surface area contributed by atoms with Crippen molar-refractivity contribution in [2.24, 2.45) is 0 Å². The van der Waals surface area contributed by atoms with Gasteiger partial charge >= 0.3 is 0 Å². The molecule has 2 saturated carbocycles. The maximum Gasteiger partial charge on any atom is 0.0613 e. The normalized spacial score (nSPS) is 30.7. The smallest absolute Gasteiger partial charge is 0.0613 e. The molecule has 2 unspecified atom stereocenters. The van der Waals surface area contributed by atoms with Crippen molar-refractivity contribution in [2.75, 3.05) is 6.61 Å². The van der Waals surface area contributed by atoms with Crippen LogP contribution in [0.5, 0.6) is 0 Å². The molecule has 0 spiro atoms. The summed E-state index contributed by atoms with van der Waals surface area (Å²) < 4.78 is 0. The maximum atomic E-state index is 9.73. The van der Waals surface area contributed by atoms with E-state index in [1.54, 1.807) is 0 Å². The number of nitrogens with one attached hydrogen (secondary N) is 1. The van der Waals surface area contributed by atoms with Gasteiger partial charge in [-0.05, 0) is 44.2 Å². The number of halogens is 1. The van der Waals surface area contributed by atoms with Gasteiger partial charge in [-0.2, -0.15) is 0 Å². The summed E-state index contributed by atoms with van der Waals surface area (Å²) in [6.07, 6.45) is 5.79. The van der Waals surface area contributed by atoms with Crippen LogP contribution >= 0.6 is 23.4 Å². The summed E-state index contributed by atoms with van der Waals surface area (Å²) in [6.45, 7) is 0.253. The second-order valence-electron chi connectivity index (χ2n) is 5.77. The topological polar surface area (TPSA) is 32.3 Å². The Hall–Kier alpha value is -0.220. The third-order valence-electron chi connectivity index (χ3n) is 4.08. The van der Waals surface area contributed by atoms with Gasteiger partial charge in [-0.25, -0.2) is 0 Å². The van der Waals surface area contributed by atoms with Crippen molar-refractivity contribution in [1.82, 2.24) is 5.32 Å². The third-order valence-corrected chi connectivity index (χ3v) is 5.87. The first-order valence-corrected chi connectivity index (χ1v) is 8.26. The van der Waals surface area contributed by atoms with E-state index in [0.29, 0.717) is 11.3 Å². The molecule has 2 aliphatic rings. The van der Waals surface area contributed by atoms with E-state index in [1.165, 1.54) is 12.8 Å². The van der Waals surface area contributed by atoms with Gasteiger partial charge in [-0.15, -0.1) is 11.8 Å². The Balaban J connectivity index is 1.63. The Morgan fingerprint density at radius 1 is 1.32 bits per heavy atom. The standard InChI is InChI=1S/C15H20ClNOS/c16-13-3-1-2-4-14(13)19-12-7-8-15(9-12,10-18)17-11-5-6-11/h1-4,11-12,17-18H,5-10H2. The number of aliphatic hydroxyl groups is 1. The van der Waals surface area contributed by atoms with Crippen molar-refractivity contribution in [3.8, 4) is 0 Å². The Labute approximate surface area is 123 Å². The van der Waals surface area contributed by atoms with Crippen molar-refractivity contribution in [3.63, 3.8) is 0 Å². The fourth-order valence-electron chi connectivity index (χ4n) is 2.88. The Morgan fingerprint density at radius 2 is 2.11 bits per heavy atom. The molecule has 1 aromatic carbocycles. The van der Waals surface area contributed by atoms with Crippen LogP contribution in [0.15, 0.2) is 29.2 Å². The summed E-state index contributed by atoms with van der Waals surface area (Å²) in [5.74, 6) is 0. The molecular formula is C15H20ClNOS. The zero-order valence-corrected chi connectivity index (χ0v) is 12.5. The Bertz CT molecular complexity index is 452. The largest absolute Gasteiger partial charge is 0.394 e. The van der Waals surface area contributed by atoms with Gasteiger partial charge in [0.15, 0.2) is 0 Å². The minimum absolute atomic E-state index is 0.0416. The zero-order valence-electron chi connectivity index (χ0n) is 10.9. The van der Waals surface area contributed by atoms with Crippen LogP contribution in [0.2, 0.25) is 5.02 Å². The van der Waals surface area contributed by atoms with Gasteiger partial charge in [0.25, 0.3) is 0 Å². The summed E-state index contributed by atoms with van der Waals surface area (Å²) in [5, 5.41) is 14.8. The Kier molecular flexibility index (Phi) is 4.08. The minimum atomic E-state index is -0.0416. The number of hydrogen-bond acceptors (Lipinski definition) is 3. The summed E-state index contributed by atoms with van der Waals surface area (Å²) in [4.78, 5) is 1.16. The van der Waals surface area contributed by atoms with Gasteiger partial charge in [0.05, 0.1) is 11.6 Å². The second kappa shape index (κ2) is 5.65. The molecule has 0 bridgehead atoms. The molecule has 0 heterocycles. The predicted molar refractivity (Wildman–Crippen MR) is 80.9 cm³/mol. The fourth-order valence-corrected chi connectivity index (χ4v) is 4.48. The highest BCUT2D eigenvalue weighted by Crippen LogP contribution is 2.43. The van der Waals surface area contributed by atoms with Gasteiger partial charge in [0, 0.05) is 21.7 Å². The van der Waals surface area contributed by atoms with Gasteiger partial charge in [-0.3, -0.25) is 0 Å². The molecule has 0 aromatic heterocycles. The molecule has 0 amide bonds. The van der Waals surface area contributed by atoms with E-state index in [4.69, 9.17) is 11.6 Å². The van der Waals surface area contributed by atoms with Crippen LogP contribution in [0.3, 0.4) is 0 Å². The molecule has 2 atom stereocenters. The minimum Gasteiger partial charge on any atom is -0.394 e. The van der Waals surface area contributed by atoms with Crippen LogP contribution in [-0.4, -0.2) is 28.5 Å². The van der Waals surface area contributed by atoms with E-state index in [9.17, 15) is 5.11 Å². The molecule has 0 saturated heterocycles. The van der Waals surface area contributed by atoms with Gasteiger partial charge in [0.2, 0.25) is 0 Å². The average molecular weight is 298 g/mol. The average Bonchev–Trinajstić information content (AvgIpc) is 3.13. The second-order valence-corrected chi connectivity index (χ2v) is 7.52. The van der Waals surface area contributed by atoms with Crippen LogP contribution in [-0.2, 0) is 0 Å². The molecule has 2 fully saturated rings. The first-order valence-electron chi connectivity index (χ1n) is 7.00. The molecule has 4 heteroatoms. The van der Waals surface area contributed by atoms with Crippen LogP contribution in [0.1, 0.15) is 32.1 Å². The lowest BCUT2D eigenvalue weighted by molar-refractivity contribution is 0.163. The number of hydrogen-bond donors (Lipinski definition) is 2. The highest BCUT2D eigenvalue weighted by molar-refractivity contribution is 8.00. The van der Waals surface area contributed by atoms with Gasteiger partial charge < -0.3 is 10.4 Å². The van der Waals surface area contributed by atoms with E-state index >= 15 is 0 Å². The van der Waals surface area contributed by atoms with Crippen molar-refractivity contribution < 1.29 is 5.11 Å². The fraction of sp³-hybridized carbons (Fsp3) is 0.600. The zero-order chi connectivity index (χ0) is 13.3. The van der Waals surface area contributed by atoms with E-state index in [-0.39, 0.29) is 12.1 Å². The van der Waals surface area contributed by atoms with Crippen LogP contribution in [0.25, 0.3) is 0 Å². The van der Waals surface area contributed by atoms with E-state index in [0.717, 1.165) is 29.2 Å². The molecule has 0 radical (unpaired) electrons. The third kappa shape index (κ3) is 3.27. The molecular weight excluding hydrogens is 278 g/mol. The summed E-state index contributed by atoms with van der Waals surface area (Å²) in [5.41, 5.74) is -0.0416. The van der Waals surface area contributed by atoms with Crippen molar-refractivity contribution >= 4 is 23.4 Å². The number of aliphatic hydroxyl groups excluding tert-OH is 1. The SMILES string of the molecule is OCC1(NC2CC2)CCC(Sc2ccccc2Cl)C1. The van der Waals surface area contributed by atoms with Gasteiger partial charge in [-0.1, -0.05) is 23.7 Å². The molecule has 3 rings (SSSR count). The molecule has 104 valence electrons. The number of rotatable bonds is 5. The quantitative estimate of drug-likeness (QED) is 0.873.